The van der Waals surface area contributed by atoms with Crippen molar-refractivity contribution < 1.29 is 19.1 Å². The summed E-state index contributed by atoms with van der Waals surface area (Å²) in [6.07, 6.45) is 0. The Morgan fingerprint density at radius 3 is 2.43 bits per heavy atom. The molecule has 0 bridgehead atoms. The quantitative estimate of drug-likeness (QED) is 0.715. The Labute approximate surface area is 162 Å². The van der Waals surface area contributed by atoms with Gasteiger partial charge in [-0.1, -0.05) is 36.4 Å². The summed E-state index contributed by atoms with van der Waals surface area (Å²) in [4.78, 5) is 25.1. The first-order valence-electron chi connectivity index (χ1n) is 8.83. The first-order valence-corrected chi connectivity index (χ1v) is 8.83. The van der Waals surface area contributed by atoms with Crippen molar-refractivity contribution in [3.8, 4) is 11.5 Å². The zero-order valence-corrected chi connectivity index (χ0v) is 15.0. The highest BCUT2D eigenvalue weighted by molar-refractivity contribution is 6.08. The Hall–Kier alpha value is -3.80. The normalized spacial score (nSPS) is 11.7. The number of amides is 2. The topological polar surface area (TPSA) is 76.7 Å². The highest BCUT2D eigenvalue weighted by atomic mass is 16.7. The monoisotopic (exact) mass is 374 g/mol. The third kappa shape index (κ3) is 3.81. The van der Waals surface area contributed by atoms with Crippen molar-refractivity contribution >= 4 is 17.5 Å². The van der Waals surface area contributed by atoms with E-state index in [1.54, 1.807) is 48.5 Å². The molecule has 0 radical (unpaired) electrons. The van der Waals surface area contributed by atoms with E-state index >= 15 is 0 Å². The molecule has 6 heteroatoms. The molecular formula is C22H18N2O4. The lowest BCUT2D eigenvalue weighted by molar-refractivity contribution is 0.0951. The van der Waals surface area contributed by atoms with E-state index in [1.165, 1.54) is 0 Å². The summed E-state index contributed by atoms with van der Waals surface area (Å²) in [6.45, 7) is 0.538. The summed E-state index contributed by atoms with van der Waals surface area (Å²) in [6, 6.07) is 21.3. The summed E-state index contributed by atoms with van der Waals surface area (Å²) in [5, 5.41) is 5.68. The van der Waals surface area contributed by atoms with Gasteiger partial charge in [-0.25, -0.2) is 0 Å². The lowest BCUT2D eigenvalue weighted by Gasteiger charge is -2.12. The summed E-state index contributed by atoms with van der Waals surface area (Å²) in [7, 11) is 0. The van der Waals surface area contributed by atoms with E-state index in [2.05, 4.69) is 10.6 Å². The van der Waals surface area contributed by atoms with E-state index in [1.807, 2.05) is 24.3 Å². The van der Waals surface area contributed by atoms with Crippen LogP contribution in [0.25, 0.3) is 0 Å². The van der Waals surface area contributed by atoms with Crippen LogP contribution in [0.1, 0.15) is 26.3 Å². The minimum atomic E-state index is -0.276. The molecule has 0 saturated heterocycles. The number of carbonyl (C=O) groups is 2. The fourth-order valence-electron chi connectivity index (χ4n) is 2.90. The number of nitrogens with one attached hydrogen (secondary N) is 2. The van der Waals surface area contributed by atoms with E-state index in [-0.39, 0.29) is 18.6 Å². The van der Waals surface area contributed by atoms with Crippen LogP contribution in [0, 0.1) is 0 Å². The molecular weight excluding hydrogens is 356 g/mol. The third-order valence-corrected chi connectivity index (χ3v) is 4.35. The third-order valence-electron chi connectivity index (χ3n) is 4.35. The van der Waals surface area contributed by atoms with Crippen LogP contribution in [-0.4, -0.2) is 18.6 Å². The number of rotatable bonds is 5. The van der Waals surface area contributed by atoms with Crippen molar-refractivity contribution in [1.29, 1.82) is 0 Å². The van der Waals surface area contributed by atoms with Gasteiger partial charge in [-0.3, -0.25) is 9.59 Å². The van der Waals surface area contributed by atoms with Crippen LogP contribution in [0.15, 0.2) is 72.8 Å². The lowest BCUT2D eigenvalue weighted by atomic mass is 10.1. The molecule has 4 rings (SSSR count). The molecule has 2 N–H and O–H groups in total. The molecule has 0 saturated carbocycles. The van der Waals surface area contributed by atoms with Crippen LogP contribution in [0.5, 0.6) is 11.5 Å². The summed E-state index contributed by atoms with van der Waals surface area (Å²) >= 11 is 0. The van der Waals surface area contributed by atoms with Crippen LogP contribution in [0.3, 0.4) is 0 Å². The van der Waals surface area contributed by atoms with Gasteiger partial charge in [0, 0.05) is 12.1 Å². The Morgan fingerprint density at radius 2 is 1.57 bits per heavy atom. The molecule has 0 unspecified atom stereocenters. The van der Waals surface area contributed by atoms with Crippen molar-refractivity contribution in [2.75, 3.05) is 12.1 Å². The number of carbonyl (C=O) groups excluding carboxylic acids is 2. The molecule has 1 aliphatic heterocycles. The molecule has 3 aromatic rings. The molecule has 0 spiro atoms. The van der Waals surface area contributed by atoms with E-state index in [4.69, 9.17) is 9.47 Å². The van der Waals surface area contributed by atoms with Crippen molar-refractivity contribution in [2.24, 2.45) is 0 Å². The number of para-hydroxylation sites is 1. The zero-order chi connectivity index (χ0) is 19.3. The lowest BCUT2D eigenvalue weighted by Crippen LogP contribution is -2.24. The molecule has 0 aromatic heterocycles. The van der Waals surface area contributed by atoms with Crippen LogP contribution < -0.4 is 20.1 Å². The van der Waals surface area contributed by atoms with Crippen LogP contribution in [0.4, 0.5) is 5.69 Å². The highest BCUT2D eigenvalue weighted by Crippen LogP contribution is 2.32. The average molecular weight is 374 g/mol. The molecule has 3 aromatic carbocycles. The molecule has 0 fully saturated rings. The van der Waals surface area contributed by atoms with Crippen molar-refractivity contribution in [1.82, 2.24) is 5.32 Å². The number of fused-ring (bicyclic) bond motifs is 1. The second-order valence-electron chi connectivity index (χ2n) is 6.24. The van der Waals surface area contributed by atoms with Crippen LogP contribution in [0.2, 0.25) is 0 Å². The smallest absolute Gasteiger partial charge is 0.255 e. The number of anilines is 1. The number of hydrogen-bond donors (Lipinski definition) is 2. The van der Waals surface area contributed by atoms with Gasteiger partial charge in [-0.15, -0.1) is 0 Å². The molecule has 140 valence electrons. The molecule has 1 aliphatic rings. The van der Waals surface area contributed by atoms with Gasteiger partial charge in [0.2, 0.25) is 6.79 Å². The van der Waals surface area contributed by atoms with E-state index in [0.717, 1.165) is 5.56 Å². The predicted octanol–water partition coefficient (Wildman–Crippen LogP) is 3.60. The number of benzene rings is 3. The highest BCUT2D eigenvalue weighted by Gasteiger charge is 2.16. The summed E-state index contributed by atoms with van der Waals surface area (Å²) in [5.74, 6) is 0.824. The molecule has 0 atom stereocenters. The van der Waals surface area contributed by atoms with E-state index in [0.29, 0.717) is 34.9 Å². The Kier molecular flexibility index (Phi) is 4.93. The second-order valence-corrected chi connectivity index (χ2v) is 6.24. The molecule has 6 nitrogen and oxygen atoms in total. The summed E-state index contributed by atoms with van der Waals surface area (Å²) < 4.78 is 10.6. The first kappa shape index (κ1) is 17.6. The maximum Gasteiger partial charge on any atom is 0.255 e. The number of hydrogen-bond acceptors (Lipinski definition) is 4. The van der Waals surface area contributed by atoms with E-state index < -0.39 is 0 Å². The minimum Gasteiger partial charge on any atom is -0.454 e. The van der Waals surface area contributed by atoms with Crippen LogP contribution in [-0.2, 0) is 6.54 Å². The largest absolute Gasteiger partial charge is 0.454 e. The maximum absolute atomic E-state index is 12.7. The van der Waals surface area contributed by atoms with E-state index in [9.17, 15) is 9.59 Å². The van der Waals surface area contributed by atoms with Crippen molar-refractivity contribution in [3.63, 3.8) is 0 Å². The Bertz CT molecular complexity index is 1020. The zero-order valence-electron chi connectivity index (χ0n) is 15.0. The SMILES string of the molecule is O=C(Nc1ccccc1C(=O)NCc1ccc2c(c1)OCO2)c1ccccc1. The van der Waals surface area contributed by atoms with Crippen molar-refractivity contribution in [3.05, 3.63) is 89.5 Å². The fourth-order valence-corrected chi connectivity index (χ4v) is 2.90. The molecule has 2 amide bonds. The van der Waals surface area contributed by atoms with Gasteiger partial charge in [0.1, 0.15) is 0 Å². The molecule has 0 aliphatic carbocycles. The van der Waals surface area contributed by atoms with Crippen molar-refractivity contribution in [2.45, 2.75) is 6.54 Å². The van der Waals surface area contributed by atoms with Gasteiger partial charge in [0.15, 0.2) is 11.5 Å². The molecule has 28 heavy (non-hydrogen) atoms. The Morgan fingerprint density at radius 1 is 0.821 bits per heavy atom. The first-order chi connectivity index (χ1) is 13.7. The van der Waals surface area contributed by atoms with Crippen LogP contribution >= 0.6 is 0 Å². The van der Waals surface area contributed by atoms with Gasteiger partial charge in [0.25, 0.3) is 11.8 Å². The molecule has 1 heterocycles. The van der Waals surface area contributed by atoms with Gasteiger partial charge in [-0.05, 0) is 42.0 Å². The van der Waals surface area contributed by atoms with Gasteiger partial charge < -0.3 is 20.1 Å². The summed E-state index contributed by atoms with van der Waals surface area (Å²) in [5.41, 5.74) is 2.27. The van der Waals surface area contributed by atoms with Gasteiger partial charge >= 0.3 is 0 Å². The number of ether oxygens (including phenoxy) is 2. The minimum absolute atomic E-state index is 0.208. The Balaban J connectivity index is 1.45. The standard InChI is InChI=1S/C22H18N2O4/c25-21(16-6-2-1-3-7-16)24-18-9-5-4-8-17(18)22(26)23-13-15-10-11-19-20(12-15)28-14-27-19/h1-12H,13-14H2,(H,23,26)(H,24,25). The average Bonchev–Trinajstić information content (AvgIpc) is 3.21. The van der Waals surface area contributed by atoms with Gasteiger partial charge in [0.05, 0.1) is 11.3 Å². The second kappa shape index (κ2) is 7.84. The van der Waals surface area contributed by atoms with Gasteiger partial charge in [-0.2, -0.15) is 0 Å². The maximum atomic E-state index is 12.7. The predicted molar refractivity (Wildman–Crippen MR) is 105 cm³/mol. The fraction of sp³-hybridized carbons (Fsp3) is 0.0909.